The van der Waals surface area contributed by atoms with Gasteiger partial charge >= 0.3 is 0 Å². The Kier molecular flexibility index (Phi) is 5.23. The molecular formula is C14H21F2NO. The van der Waals surface area contributed by atoms with Crippen molar-refractivity contribution in [1.82, 2.24) is 5.32 Å². The van der Waals surface area contributed by atoms with Crippen molar-refractivity contribution in [2.24, 2.45) is 0 Å². The molecule has 0 saturated heterocycles. The molecule has 0 fully saturated rings. The Hall–Kier alpha value is -1.00. The van der Waals surface area contributed by atoms with Gasteiger partial charge in [0.25, 0.3) is 0 Å². The minimum Gasteiger partial charge on any atom is -0.374 e. The summed E-state index contributed by atoms with van der Waals surface area (Å²) in [6.45, 7) is 8.84. The normalized spacial score (nSPS) is 13.7. The molecule has 0 bridgehead atoms. The lowest BCUT2D eigenvalue weighted by molar-refractivity contribution is -0.0396. The molecule has 0 amide bonds. The van der Waals surface area contributed by atoms with Crippen molar-refractivity contribution in [3.63, 3.8) is 0 Å². The third kappa shape index (κ3) is 3.50. The highest BCUT2D eigenvalue weighted by Crippen LogP contribution is 2.30. The summed E-state index contributed by atoms with van der Waals surface area (Å²) in [6, 6.07) is 3.33. The van der Waals surface area contributed by atoms with Crippen molar-refractivity contribution >= 4 is 0 Å². The molecule has 0 heterocycles. The van der Waals surface area contributed by atoms with Gasteiger partial charge in [-0.3, -0.25) is 0 Å². The van der Waals surface area contributed by atoms with Crippen LogP contribution in [0.4, 0.5) is 8.78 Å². The van der Waals surface area contributed by atoms with E-state index in [4.69, 9.17) is 4.74 Å². The van der Waals surface area contributed by atoms with Gasteiger partial charge in [0.05, 0.1) is 11.6 Å². The highest BCUT2D eigenvalue weighted by atomic mass is 19.1. The third-order valence-electron chi connectivity index (χ3n) is 2.89. The number of halogens is 2. The van der Waals surface area contributed by atoms with Gasteiger partial charge in [-0.2, -0.15) is 0 Å². The van der Waals surface area contributed by atoms with Crippen LogP contribution in [0.5, 0.6) is 0 Å². The van der Waals surface area contributed by atoms with Gasteiger partial charge in [0.1, 0.15) is 11.6 Å². The summed E-state index contributed by atoms with van der Waals surface area (Å²) in [6.07, 6.45) is 0. The van der Waals surface area contributed by atoms with Crippen LogP contribution in [0.2, 0.25) is 0 Å². The minimum absolute atomic E-state index is 0.317. The monoisotopic (exact) mass is 257 g/mol. The molecule has 1 N–H and O–H groups in total. The Bertz CT molecular complexity index is 393. The van der Waals surface area contributed by atoms with Crippen LogP contribution < -0.4 is 5.32 Å². The summed E-state index contributed by atoms with van der Waals surface area (Å²) in [4.78, 5) is 0. The molecule has 2 nitrogen and oxygen atoms in total. The maximum atomic E-state index is 13.9. The van der Waals surface area contributed by atoms with Crippen molar-refractivity contribution in [3.8, 4) is 0 Å². The van der Waals surface area contributed by atoms with E-state index < -0.39 is 17.2 Å². The standard InChI is InChI=1S/C14H21F2NO/c1-5-17-13(14(3,4)18-6-2)11-8-7-10(15)9-12(11)16/h7-9,13,17H,5-6H2,1-4H3. The molecule has 1 aromatic carbocycles. The molecule has 0 aliphatic rings. The molecule has 0 spiro atoms. The zero-order valence-corrected chi connectivity index (χ0v) is 11.4. The van der Waals surface area contributed by atoms with E-state index >= 15 is 0 Å². The van der Waals surface area contributed by atoms with Crippen LogP contribution >= 0.6 is 0 Å². The molecule has 0 aliphatic heterocycles. The van der Waals surface area contributed by atoms with Gasteiger partial charge in [-0.1, -0.05) is 13.0 Å². The van der Waals surface area contributed by atoms with Gasteiger partial charge in [0.15, 0.2) is 0 Å². The molecule has 102 valence electrons. The van der Waals surface area contributed by atoms with Crippen molar-refractivity contribution in [1.29, 1.82) is 0 Å². The topological polar surface area (TPSA) is 21.3 Å². The Morgan fingerprint density at radius 1 is 1.28 bits per heavy atom. The average molecular weight is 257 g/mol. The van der Waals surface area contributed by atoms with Crippen LogP contribution in [0.15, 0.2) is 18.2 Å². The number of rotatable bonds is 6. The molecule has 1 aromatic rings. The fourth-order valence-corrected chi connectivity index (χ4v) is 2.13. The summed E-state index contributed by atoms with van der Waals surface area (Å²) in [5.74, 6) is -1.12. The molecule has 1 rings (SSSR count). The molecule has 0 aromatic heterocycles. The summed E-state index contributed by atoms with van der Waals surface area (Å²) >= 11 is 0. The number of likely N-dealkylation sites (N-methyl/N-ethyl adjacent to an activating group) is 1. The number of hydrogen-bond donors (Lipinski definition) is 1. The SMILES string of the molecule is CCNC(c1ccc(F)cc1F)C(C)(C)OCC. The molecule has 0 saturated carbocycles. The van der Waals surface area contributed by atoms with Crippen LogP contribution in [-0.4, -0.2) is 18.8 Å². The highest BCUT2D eigenvalue weighted by molar-refractivity contribution is 5.24. The molecule has 4 heteroatoms. The fourth-order valence-electron chi connectivity index (χ4n) is 2.13. The van der Waals surface area contributed by atoms with Crippen molar-refractivity contribution < 1.29 is 13.5 Å². The van der Waals surface area contributed by atoms with E-state index in [-0.39, 0.29) is 6.04 Å². The number of ether oxygens (including phenoxy) is 1. The van der Waals surface area contributed by atoms with Gasteiger partial charge < -0.3 is 10.1 Å². The first-order valence-electron chi connectivity index (χ1n) is 6.24. The summed E-state index contributed by atoms with van der Waals surface area (Å²) in [7, 11) is 0. The van der Waals surface area contributed by atoms with Crippen LogP contribution in [0.25, 0.3) is 0 Å². The van der Waals surface area contributed by atoms with Crippen LogP contribution in [0, 0.1) is 11.6 Å². The lowest BCUT2D eigenvalue weighted by Gasteiger charge is -2.35. The fraction of sp³-hybridized carbons (Fsp3) is 0.571. The maximum absolute atomic E-state index is 13.9. The molecule has 1 atom stereocenters. The third-order valence-corrected chi connectivity index (χ3v) is 2.89. The smallest absolute Gasteiger partial charge is 0.131 e. The van der Waals surface area contributed by atoms with Gasteiger partial charge in [0, 0.05) is 18.2 Å². The van der Waals surface area contributed by atoms with Crippen molar-refractivity contribution in [2.45, 2.75) is 39.3 Å². The predicted molar refractivity (Wildman–Crippen MR) is 68.5 cm³/mol. The Morgan fingerprint density at radius 2 is 1.94 bits per heavy atom. The average Bonchev–Trinajstić information content (AvgIpc) is 2.26. The van der Waals surface area contributed by atoms with E-state index in [9.17, 15) is 8.78 Å². The largest absolute Gasteiger partial charge is 0.374 e. The lowest BCUT2D eigenvalue weighted by atomic mass is 9.91. The van der Waals surface area contributed by atoms with E-state index in [0.717, 1.165) is 6.07 Å². The first-order valence-corrected chi connectivity index (χ1v) is 6.24. The van der Waals surface area contributed by atoms with Crippen molar-refractivity contribution in [3.05, 3.63) is 35.4 Å². The van der Waals surface area contributed by atoms with E-state index in [1.807, 2.05) is 27.7 Å². The summed E-state index contributed by atoms with van der Waals surface area (Å²) < 4.78 is 32.5. The van der Waals surface area contributed by atoms with Crippen LogP contribution in [0.3, 0.4) is 0 Å². The van der Waals surface area contributed by atoms with E-state index in [1.165, 1.54) is 12.1 Å². The first kappa shape index (κ1) is 15.1. The van der Waals surface area contributed by atoms with Gasteiger partial charge in [-0.15, -0.1) is 0 Å². The van der Waals surface area contributed by atoms with E-state index in [0.29, 0.717) is 18.7 Å². The first-order chi connectivity index (χ1) is 8.42. The van der Waals surface area contributed by atoms with E-state index in [1.54, 1.807) is 0 Å². The number of nitrogens with one attached hydrogen (secondary N) is 1. The highest BCUT2D eigenvalue weighted by Gasteiger charge is 2.32. The second kappa shape index (κ2) is 6.25. The quantitative estimate of drug-likeness (QED) is 0.843. The molecular weight excluding hydrogens is 236 g/mol. The van der Waals surface area contributed by atoms with Crippen molar-refractivity contribution in [2.75, 3.05) is 13.2 Å². The maximum Gasteiger partial charge on any atom is 0.131 e. The Balaban J connectivity index is 3.11. The Morgan fingerprint density at radius 3 is 2.44 bits per heavy atom. The van der Waals surface area contributed by atoms with E-state index in [2.05, 4.69) is 5.32 Å². The second-order valence-corrected chi connectivity index (χ2v) is 4.69. The molecule has 1 unspecified atom stereocenters. The Labute approximate surface area is 107 Å². The second-order valence-electron chi connectivity index (χ2n) is 4.69. The minimum atomic E-state index is -0.569. The molecule has 18 heavy (non-hydrogen) atoms. The van der Waals surface area contributed by atoms with Gasteiger partial charge in [0.2, 0.25) is 0 Å². The zero-order valence-electron chi connectivity index (χ0n) is 11.4. The summed E-state index contributed by atoms with van der Waals surface area (Å²) in [5, 5.41) is 3.20. The molecule has 0 radical (unpaired) electrons. The summed E-state index contributed by atoms with van der Waals surface area (Å²) in [5.41, 5.74) is -0.139. The number of hydrogen-bond acceptors (Lipinski definition) is 2. The molecule has 0 aliphatic carbocycles. The zero-order chi connectivity index (χ0) is 13.8. The lowest BCUT2D eigenvalue weighted by Crippen LogP contribution is -2.42. The number of benzene rings is 1. The van der Waals surface area contributed by atoms with Crippen LogP contribution in [0.1, 0.15) is 39.3 Å². The predicted octanol–water partition coefficient (Wildman–Crippen LogP) is 3.43. The van der Waals surface area contributed by atoms with Crippen LogP contribution in [-0.2, 0) is 4.74 Å². The van der Waals surface area contributed by atoms with Gasteiger partial charge in [-0.05, 0) is 33.4 Å². The van der Waals surface area contributed by atoms with Gasteiger partial charge in [-0.25, -0.2) is 8.78 Å².